The van der Waals surface area contributed by atoms with Gasteiger partial charge in [-0.15, -0.1) is 0 Å². The van der Waals surface area contributed by atoms with Gasteiger partial charge in [-0.3, -0.25) is 4.79 Å². The minimum absolute atomic E-state index is 0.00445. The van der Waals surface area contributed by atoms with Gasteiger partial charge in [-0.05, 0) is 25.1 Å². The van der Waals surface area contributed by atoms with E-state index in [1.807, 2.05) is 6.92 Å². The van der Waals surface area contributed by atoms with Gasteiger partial charge in [0.2, 0.25) is 0 Å². The van der Waals surface area contributed by atoms with Gasteiger partial charge in [0.05, 0.1) is 11.1 Å². The monoisotopic (exact) mass is 304 g/mol. The van der Waals surface area contributed by atoms with Crippen LogP contribution in [0.5, 0.6) is 0 Å². The minimum Gasteiger partial charge on any atom is -0.398 e. The number of carbonyl (C=O) groups excluding carboxylic acids is 1. The van der Waals surface area contributed by atoms with Crippen molar-refractivity contribution >= 4 is 23.4 Å². The zero-order chi connectivity index (χ0) is 14.9. The lowest BCUT2D eigenvalue weighted by Gasteiger charge is -2.33. The Kier molecular flexibility index (Phi) is 4.17. The average Bonchev–Trinajstić information content (AvgIpc) is 2.37. The first-order valence-corrected chi connectivity index (χ1v) is 7.31. The minimum atomic E-state index is -4.48. The molecule has 1 amide bonds. The van der Waals surface area contributed by atoms with Crippen molar-refractivity contribution in [1.29, 1.82) is 0 Å². The van der Waals surface area contributed by atoms with Gasteiger partial charge in [0.1, 0.15) is 0 Å². The molecule has 1 atom stereocenters. The molecule has 2 rings (SSSR count). The molecule has 1 unspecified atom stereocenters. The van der Waals surface area contributed by atoms with E-state index in [0.29, 0.717) is 6.54 Å². The SMILES string of the molecule is CC1CSCCN1C(=O)c1cc(C(F)(F)F)ccc1N. The maximum Gasteiger partial charge on any atom is 0.416 e. The van der Waals surface area contributed by atoms with Gasteiger partial charge in [-0.2, -0.15) is 24.9 Å². The molecule has 0 radical (unpaired) electrons. The normalized spacial score (nSPS) is 20.0. The first-order valence-electron chi connectivity index (χ1n) is 6.16. The van der Waals surface area contributed by atoms with Crippen LogP contribution in [0.1, 0.15) is 22.8 Å². The second-order valence-corrected chi connectivity index (χ2v) is 5.87. The summed E-state index contributed by atoms with van der Waals surface area (Å²) in [6, 6.07) is 2.86. The average molecular weight is 304 g/mol. The van der Waals surface area contributed by atoms with E-state index < -0.39 is 17.6 Å². The molecular weight excluding hydrogens is 289 g/mol. The number of alkyl halides is 3. The van der Waals surface area contributed by atoms with E-state index in [1.54, 1.807) is 16.7 Å². The molecule has 7 heteroatoms. The first kappa shape index (κ1) is 15.0. The molecule has 1 heterocycles. The molecule has 2 N–H and O–H groups in total. The fourth-order valence-electron chi connectivity index (χ4n) is 2.10. The third kappa shape index (κ3) is 3.03. The summed E-state index contributed by atoms with van der Waals surface area (Å²) in [5.41, 5.74) is 4.82. The van der Waals surface area contributed by atoms with Crippen LogP contribution in [0.4, 0.5) is 18.9 Å². The van der Waals surface area contributed by atoms with Crippen LogP contribution in [0, 0.1) is 0 Å². The van der Waals surface area contributed by atoms with E-state index in [2.05, 4.69) is 0 Å². The van der Waals surface area contributed by atoms with Gasteiger partial charge in [-0.1, -0.05) is 0 Å². The topological polar surface area (TPSA) is 46.3 Å². The van der Waals surface area contributed by atoms with Gasteiger partial charge in [0, 0.05) is 29.8 Å². The predicted octanol–water partition coefficient (Wildman–Crippen LogP) is 2.87. The number of amides is 1. The second-order valence-electron chi connectivity index (χ2n) is 4.72. The lowest BCUT2D eigenvalue weighted by molar-refractivity contribution is -0.137. The van der Waals surface area contributed by atoms with Crippen molar-refractivity contribution in [3.63, 3.8) is 0 Å². The second kappa shape index (κ2) is 5.55. The molecule has 1 saturated heterocycles. The highest BCUT2D eigenvalue weighted by Gasteiger charge is 2.33. The summed E-state index contributed by atoms with van der Waals surface area (Å²) in [7, 11) is 0. The fraction of sp³-hybridized carbons (Fsp3) is 0.462. The van der Waals surface area contributed by atoms with Crippen molar-refractivity contribution < 1.29 is 18.0 Å². The van der Waals surface area contributed by atoms with Gasteiger partial charge < -0.3 is 10.6 Å². The molecule has 0 bridgehead atoms. The highest BCUT2D eigenvalue weighted by atomic mass is 32.2. The molecule has 1 aliphatic rings. The molecule has 0 spiro atoms. The van der Waals surface area contributed by atoms with E-state index in [0.717, 1.165) is 29.7 Å². The molecule has 1 fully saturated rings. The number of anilines is 1. The summed E-state index contributed by atoms with van der Waals surface area (Å²) in [6.45, 7) is 2.41. The predicted molar refractivity (Wildman–Crippen MR) is 73.7 cm³/mol. The van der Waals surface area contributed by atoms with Crippen molar-refractivity contribution in [2.75, 3.05) is 23.8 Å². The lowest BCUT2D eigenvalue weighted by Crippen LogP contribution is -2.44. The molecule has 0 aromatic heterocycles. The van der Waals surface area contributed by atoms with E-state index in [9.17, 15) is 18.0 Å². The van der Waals surface area contributed by atoms with Crippen LogP contribution in [0.3, 0.4) is 0 Å². The molecule has 1 aliphatic heterocycles. The Balaban J connectivity index is 2.33. The third-order valence-electron chi connectivity index (χ3n) is 3.24. The number of rotatable bonds is 1. The van der Waals surface area contributed by atoms with Crippen molar-refractivity contribution in [3.8, 4) is 0 Å². The van der Waals surface area contributed by atoms with Crippen LogP contribution in [0.25, 0.3) is 0 Å². The van der Waals surface area contributed by atoms with E-state index >= 15 is 0 Å². The number of nitrogens with zero attached hydrogens (tertiary/aromatic N) is 1. The fourth-order valence-corrected chi connectivity index (χ4v) is 3.11. The number of benzene rings is 1. The van der Waals surface area contributed by atoms with Gasteiger partial charge in [0.15, 0.2) is 0 Å². The Bertz CT molecular complexity index is 519. The number of hydrogen-bond donors (Lipinski definition) is 1. The largest absolute Gasteiger partial charge is 0.416 e. The first-order chi connectivity index (χ1) is 9.30. The molecule has 20 heavy (non-hydrogen) atoms. The number of thioether (sulfide) groups is 1. The van der Waals surface area contributed by atoms with E-state index in [1.165, 1.54) is 0 Å². The van der Waals surface area contributed by atoms with Gasteiger partial charge in [-0.25, -0.2) is 0 Å². The van der Waals surface area contributed by atoms with Crippen LogP contribution in [0.15, 0.2) is 18.2 Å². The van der Waals surface area contributed by atoms with Gasteiger partial charge >= 0.3 is 6.18 Å². The number of hydrogen-bond acceptors (Lipinski definition) is 3. The van der Waals surface area contributed by atoms with Crippen molar-refractivity contribution in [2.24, 2.45) is 0 Å². The van der Waals surface area contributed by atoms with Crippen molar-refractivity contribution in [2.45, 2.75) is 19.1 Å². The number of nitrogens with two attached hydrogens (primary N) is 1. The summed E-state index contributed by atoms with van der Waals surface area (Å²) < 4.78 is 38.1. The lowest BCUT2D eigenvalue weighted by atomic mass is 10.1. The summed E-state index contributed by atoms with van der Waals surface area (Å²) in [5, 5.41) is 0. The maximum atomic E-state index is 12.7. The summed E-state index contributed by atoms with van der Waals surface area (Å²) >= 11 is 1.73. The van der Waals surface area contributed by atoms with E-state index in [-0.39, 0.29) is 17.3 Å². The highest BCUT2D eigenvalue weighted by Crippen LogP contribution is 2.32. The molecule has 1 aromatic rings. The zero-order valence-electron chi connectivity index (χ0n) is 10.9. The Morgan fingerprint density at radius 3 is 2.75 bits per heavy atom. The van der Waals surface area contributed by atoms with Gasteiger partial charge in [0.25, 0.3) is 5.91 Å². The van der Waals surface area contributed by atoms with Crippen molar-refractivity contribution in [1.82, 2.24) is 4.90 Å². The highest BCUT2D eigenvalue weighted by molar-refractivity contribution is 7.99. The number of carbonyl (C=O) groups is 1. The smallest absolute Gasteiger partial charge is 0.398 e. The Hall–Kier alpha value is -1.37. The molecule has 1 aromatic carbocycles. The van der Waals surface area contributed by atoms with E-state index in [4.69, 9.17) is 5.73 Å². The third-order valence-corrected chi connectivity index (χ3v) is 4.43. The van der Waals surface area contributed by atoms with Crippen LogP contribution in [0.2, 0.25) is 0 Å². The quantitative estimate of drug-likeness (QED) is 0.812. The van der Waals surface area contributed by atoms with Crippen LogP contribution >= 0.6 is 11.8 Å². The van der Waals surface area contributed by atoms with Crippen molar-refractivity contribution in [3.05, 3.63) is 29.3 Å². The molecule has 0 aliphatic carbocycles. The molecule has 0 saturated carbocycles. The summed E-state index contributed by atoms with van der Waals surface area (Å²) in [5.74, 6) is 1.14. The molecular formula is C13H15F3N2OS. The zero-order valence-corrected chi connectivity index (χ0v) is 11.7. The van der Waals surface area contributed by atoms with Crippen LogP contribution in [-0.2, 0) is 6.18 Å². The summed E-state index contributed by atoms with van der Waals surface area (Å²) in [4.78, 5) is 14.0. The Morgan fingerprint density at radius 2 is 2.15 bits per heavy atom. The summed E-state index contributed by atoms with van der Waals surface area (Å²) in [6.07, 6.45) is -4.48. The molecule has 110 valence electrons. The molecule has 3 nitrogen and oxygen atoms in total. The number of halogens is 3. The standard InChI is InChI=1S/C13H15F3N2OS/c1-8-7-20-5-4-18(8)12(19)10-6-9(13(14,15)16)2-3-11(10)17/h2-3,6,8H,4-5,7,17H2,1H3. The Morgan fingerprint density at radius 1 is 1.45 bits per heavy atom. The van der Waals surface area contributed by atoms with Crippen LogP contribution < -0.4 is 5.73 Å². The number of nitrogen functional groups attached to an aromatic ring is 1. The maximum absolute atomic E-state index is 12.7. The van der Waals surface area contributed by atoms with Crippen LogP contribution in [-0.4, -0.2) is 34.9 Å². The Labute approximate surface area is 119 Å².